The summed E-state index contributed by atoms with van der Waals surface area (Å²) in [5.41, 5.74) is 1.28. The standard InChI is InChI=1S/C15H24O/c1-4-6-13(2)7-5-12-16-15-10-8-14(3)9-11-15/h8-11,13H,4-7,12H2,1-3H3. The molecule has 90 valence electrons. The maximum Gasteiger partial charge on any atom is 0.119 e. The smallest absolute Gasteiger partial charge is 0.119 e. The van der Waals surface area contributed by atoms with Crippen LogP contribution in [-0.4, -0.2) is 6.61 Å². The predicted octanol–water partition coefficient (Wildman–Crippen LogP) is 4.59. The molecule has 0 amide bonds. The maximum atomic E-state index is 5.69. The van der Waals surface area contributed by atoms with Crippen LogP contribution in [0.2, 0.25) is 0 Å². The van der Waals surface area contributed by atoms with E-state index in [9.17, 15) is 0 Å². The van der Waals surface area contributed by atoms with Crippen molar-refractivity contribution >= 4 is 0 Å². The molecule has 16 heavy (non-hydrogen) atoms. The van der Waals surface area contributed by atoms with Gasteiger partial charge < -0.3 is 4.74 Å². The zero-order valence-electron chi connectivity index (χ0n) is 10.8. The van der Waals surface area contributed by atoms with Crippen LogP contribution in [0.25, 0.3) is 0 Å². The Morgan fingerprint density at radius 2 is 1.81 bits per heavy atom. The second-order valence-electron chi connectivity index (χ2n) is 4.70. The Bertz CT molecular complexity index is 276. The fourth-order valence-corrected chi connectivity index (χ4v) is 1.89. The van der Waals surface area contributed by atoms with Crippen molar-refractivity contribution in [3.05, 3.63) is 29.8 Å². The largest absolute Gasteiger partial charge is 0.494 e. The summed E-state index contributed by atoms with van der Waals surface area (Å²) in [6, 6.07) is 8.28. The van der Waals surface area contributed by atoms with Gasteiger partial charge in [-0.25, -0.2) is 0 Å². The Kier molecular flexibility index (Phi) is 5.99. The van der Waals surface area contributed by atoms with E-state index in [1.54, 1.807) is 0 Å². The van der Waals surface area contributed by atoms with Crippen LogP contribution in [0.3, 0.4) is 0 Å². The molecule has 1 nitrogen and oxygen atoms in total. The summed E-state index contributed by atoms with van der Waals surface area (Å²) >= 11 is 0. The van der Waals surface area contributed by atoms with E-state index in [0.29, 0.717) is 0 Å². The van der Waals surface area contributed by atoms with Crippen molar-refractivity contribution < 1.29 is 4.74 Å². The third kappa shape index (κ3) is 5.20. The number of hydrogen-bond acceptors (Lipinski definition) is 1. The van der Waals surface area contributed by atoms with Crippen molar-refractivity contribution in [2.24, 2.45) is 5.92 Å². The van der Waals surface area contributed by atoms with Crippen LogP contribution in [0.1, 0.15) is 45.1 Å². The lowest BCUT2D eigenvalue weighted by atomic mass is 10.0. The van der Waals surface area contributed by atoms with Crippen molar-refractivity contribution in [1.29, 1.82) is 0 Å². The number of ether oxygens (including phenoxy) is 1. The van der Waals surface area contributed by atoms with Gasteiger partial charge in [0, 0.05) is 0 Å². The summed E-state index contributed by atoms with van der Waals surface area (Å²) in [4.78, 5) is 0. The van der Waals surface area contributed by atoms with Crippen molar-refractivity contribution in [2.45, 2.75) is 46.5 Å². The molecule has 0 N–H and O–H groups in total. The summed E-state index contributed by atoms with van der Waals surface area (Å²) in [7, 11) is 0. The van der Waals surface area contributed by atoms with Gasteiger partial charge in [0.05, 0.1) is 6.61 Å². The highest BCUT2D eigenvalue weighted by Gasteiger charge is 2.00. The first-order chi connectivity index (χ1) is 7.72. The van der Waals surface area contributed by atoms with Gasteiger partial charge in [0.2, 0.25) is 0 Å². The molecule has 1 unspecified atom stereocenters. The second-order valence-corrected chi connectivity index (χ2v) is 4.70. The molecule has 1 rings (SSSR count). The molecule has 0 radical (unpaired) electrons. The van der Waals surface area contributed by atoms with E-state index in [1.807, 2.05) is 12.1 Å². The molecule has 1 aromatic rings. The lowest BCUT2D eigenvalue weighted by Crippen LogP contribution is -2.01. The Balaban J connectivity index is 2.13. The highest BCUT2D eigenvalue weighted by atomic mass is 16.5. The van der Waals surface area contributed by atoms with Crippen LogP contribution in [-0.2, 0) is 0 Å². The topological polar surface area (TPSA) is 9.23 Å². The molecular formula is C15H24O. The van der Waals surface area contributed by atoms with Crippen LogP contribution in [0, 0.1) is 12.8 Å². The highest BCUT2D eigenvalue weighted by Crippen LogP contribution is 2.14. The lowest BCUT2D eigenvalue weighted by molar-refractivity contribution is 0.292. The van der Waals surface area contributed by atoms with Crippen LogP contribution in [0.15, 0.2) is 24.3 Å². The van der Waals surface area contributed by atoms with Crippen LogP contribution >= 0.6 is 0 Å². The van der Waals surface area contributed by atoms with Gasteiger partial charge in [-0.05, 0) is 37.8 Å². The highest BCUT2D eigenvalue weighted by molar-refractivity contribution is 5.26. The first kappa shape index (κ1) is 13.1. The van der Waals surface area contributed by atoms with E-state index < -0.39 is 0 Å². The van der Waals surface area contributed by atoms with Gasteiger partial charge in [-0.2, -0.15) is 0 Å². The molecule has 0 fully saturated rings. The van der Waals surface area contributed by atoms with E-state index in [4.69, 9.17) is 4.74 Å². The van der Waals surface area contributed by atoms with E-state index in [1.165, 1.54) is 24.8 Å². The normalized spacial score (nSPS) is 12.4. The number of rotatable bonds is 7. The van der Waals surface area contributed by atoms with Gasteiger partial charge in [-0.3, -0.25) is 0 Å². The first-order valence-corrected chi connectivity index (χ1v) is 6.42. The SMILES string of the molecule is CCCC(C)CCCOc1ccc(C)cc1. The summed E-state index contributed by atoms with van der Waals surface area (Å²) in [6.07, 6.45) is 5.07. The van der Waals surface area contributed by atoms with Crippen molar-refractivity contribution in [3.8, 4) is 5.75 Å². The van der Waals surface area contributed by atoms with Gasteiger partial charge >= 0.3 is 0 Å². The van der Waals surface area contributed by atoms with E-state index in [0.717, 1.165) is 24.7 Å². The average molecular weight is 220 g/mol. The quantitative estimate of drug-likeness (QED) is 0.611. The molecule has 0 saturated carbocycles. The van der Waals surface area contributed by atoms with E-state index >= 15 is 0 Å². The van der Waals surface area contributed by atoms with Gasteiger partial charge in [0.25, 0.3) is 0 Å². The first-order valence-electron chi connectivity index (χ1n) is 6.42. The second kappa shape index (κ2) is 7.32. The summed E-state index contributed by atoms with van der Waals surface area (Å²) in [5.74, 6) is 1.83. The Labute approximate surface area is 99.8 Å². The monoisotopic (exact) mass is 220 g/mol. The summed E-state index contributed by atoms with van der Waals surface area (Å²) in [5, 5.41) is 0. The molecule has 0 aromatic heterocycles. The molecule has 1 aromatic carbocycles. The maximum absolute atomic E-state index is 5.69. The summed E-state index contributed by atoms with van der Waals surface area (Å²) in [6.45, 7) is 7.52. The molecule has 1 heteroatoms. The molecule has 0 aliphatic rings. The molecule has 0 aliphatic carbocycles. The fraction of sp³-hybridized carbons (Fsp3) is 0.600. The van der Waals surface area contributed by atoms with Crippen molar-refractivity contribution in [2.75, 3.05) is 6.61 Å². The Morgan fingerprint density at radius 1 is 1.12 bits per heavy atom. The Morgan fingerprint density at radius 3 is 2.44 bits per heavy atom. The lowest BCUT2D eigenvalue weighted by Gasteiger charge is -2.10. The van der Waals surface area contributed by atoms with Crippen LogP contribution in [0.5, 0.6) is 5.75 Å². The Hall–Kier alpha value is -0.980. The molecule has 0 saturated heterocycles. The molecule has 0 bridgehead atoms. The predicted molar refractivity (Wildman–Crippen MR) is 70.0 cm³/mol. The van der Waals surface area contributed by atoms with Crippen molar-refractivity contribution in [3.63, 3.8) is 0 Å². The van der Waals surface area contributed by atoms with Gasteiger partial charge in [-0.15, -0.1) is 0 Å². The number of hydrogen-bond donors (Lipinski definition) is 0. The number of benzene rings is 1. The fourth-order valence-electron chi connectivity index (χ4n) is 1.89. The van der Waals surface area contributed by atoms with E-state index in [2.05, 4.69) is 32.9 Å². The third-order valence-electron chi connectivity index (χ3n) is 2.91. The number of aryl methyl sites for hydroxylation is 1. The third-order valence-corrected chi connectivity index (χ3v) is 2.91. The molecule has 0 spiro atoms. The van der Waals surface area contributed by atoms with Crippen LogP contribution < -0.4 is 4.74 Å². The molecular weight excluding hydrogens is 196 g/mol. The molecule has 1 atom stereocenters. The summed E-state index contributed by atoms with van der Waals surface area (Å²) < 4.78 is 5.69. The van der Waals surface area contributed by atoms with Crippen molar-refractivity contribution in [1.82, 2.24) is 0 Å². The minimum atomic E-state index is 0.839. The van der Waals surface area contributed by atoms with E-state index in [-0.39, 0.29) is 0 Å². The zero-order chi connectivity index (χ0) is 11.8. The average Bonchev–Trinajstić information content (AvgIpc) is 2.27. The zero-order valence-corrected chi connectivity index (χ0v) is 10.8. The molecule has 0 heterocycles. The minimum absolute atomic E-state index is 0.839. The van der Waals surface area contributed by atoms with Gasteiger partial charge in [0.15, 0.2) is 0 Å². The minimum Gasteiger partial charge on any atom is -0.494 e. The van der Waals surface area contributed by atoms with Gasteiger partial charge in [0.1, 0.15) is 5.75 Å². The van der Waals surface area contributed by atoms with Gasteiger partial charge in [-0.1, -0.05) is 44.4 Å². The van der Waals surface area contributed by atoms with Crippen LogP contribution in [0.4, 0.5) is 0 Å². The molecule has 0 aliphatic heterocycles.